The Morgan fingerprint density at radius 2 is 2.08 bits per heavy atom. The zero-order valence-electron chi connectivity index (χ0n) is 7.82. The molecule has 3 rings (SSSR count). The molecule has 1 saturated heterocycles. The second-order valence-corrected chi connectivity index (χ2v) is 4.01. The first-order valence-electron chi connectivity index (χ1n) is 5.01. The van der Waals surface area contributed by atoms with Gasteiger partial charge in [-0.15, -0.1) is 0 Å². The lowest BCUT2D eigenvalue weighted by atomic mass is 9.99. The standard InChI is InChI=1S/C11H14O2/c1-7-12-10-6-8-4-2-3-5-9(8)11(10)13-7/h2-3,7,10-11H,4-6H2,1H3. The minimum atomic E-state index is -0.00467. The lowest BCUT2D eigenvalue weighted by molar-refractivity contribution is -0.0497. The quantitative estimate of drug-likeness (QED) is 0.529. The summed E-state index contributed by atoms with van der Waals surface area (Å²) >= 11 is 0. The first-order chi connectivity index (χ1) is 6.34. The third-order valence-electron chi connectivity index (χ3n) is 3.16. The van der Waals surface area contributed by atoms with Crippen LogP contribution in [0.25, 0.3) is 0 Å². The SMILES string of the molecule is CC1OC2CC3=C(CC=CC3)C2O1. The van der Waals surface area contributed by atoms with Gasteiger partial charge >= 0.3 is 0 Å². The van der Waals surface area contributed by atoms with Crippen LogP contribution in [0.2, 0.25) is 0 Å². The van der Waals surface area contributed by atoms with Crippen LogP contribution in [0, 0.1) is 0 Å². The second kappa shape index (κ2) is 2.69. The van der Waals surface area contributed by atoms with Crippen LogP contribution in [0.4, 0.5) is 0 Å². The summed E-state index contributed by atoms with van der Waals surface area (Å²) in [6, 6.07) is 0. The molecule has 0 saturated carbocycles. The van der Waals surface area contributed by atoms with Crippen molar-refractivity contribution in [2.24, 2.45) is 0 Å². The van der Waals surface area contributed by atoms with Gasteiger partial charge in [0.2, 0.25) is 0 Å². The van der Waals surface area contributed by atoms with Gasteiger partial charge in [-0.3, -0.25) is 0 Å². The zero-order valence-corrected chi connectivity index (χ0v) is 7.82. The summed E-state index contributed by atoms with van der Waals surface area (Å²) in [5, 5.41) is 0. The van der Waals surface area contributed by atoms with E-state index in [1.54, 1.807) is 5.57 Å². The molecule has 0 bridgehead atoms. The summed E-state index contributed by atoms with van der Waals surface area (Å²) in [4.78, 5) is 0. The van der Waals surface area contributed by atoms with Crippen molar-refractivity contribution in [2.45, 2.75) is 44.7 Å². The Balaban J connectivity index is 1.87. The number of rotatable bonds is 0. The molecular weight excluding hydrogens is 164 g/mol. The first kappa shape index (κ1) is 7.77. The lowest BCUT2D eigenvalue weighted by Crippen LogP contribution is -2.18. The largest absolute Gasteiger partial charge is 0.346 e. The molecule has 70 valence electrons. The van der Waals surface area contributed by atoms with E-state index in [0.717, 1.165) is 19.3 Å². The molecule has 0 aromatic rings. The van der Waals surface area contributed by atoms with E-state index in [1.165, 1.54) is 5.57 Å². The molecule has 3 aliphatic rings. The van der Waals surface area contributed by atoms with Crippen molar-refractivity contribution in [3.63, 3.8) is 0 Å². The number of hydrogen-bond acceptors (Lipinski definition) is 2. The van der Waals surface area contributed by atoms with E-state index in [2.05, 4.69) is 12.2 Å². The molecule has 0 aromatic heterocycles. The summed E-state index contributed by atoms with van der Waals surface area (Å²) in [7, 11) is 0. The maximum atomic E-state index is 5.74. The molecule has 2 nitrogen and oxygen atoms in total. The Morgan fingerprint density at radius 1 is 1.23 bits per heavy atom. The molecule has 0 spiro atoms. The molecule has 3 atom stereocenters. The van der Waals surface area contributed by atoms with Gasteiger partial charge in [0.05, 0.1) is 6.10 Å². The van der Waals surface area contributed by atoms with E-state index >= 15 is 0 Å². The van der Waals surface area contributed by atoms with Gasteiger partial charge in [-0.1, -0.05) is 17.7 Å². The highest BCUT2D eigenvalue weighted by Crippen LogP contribution is 2.41. The summed E-state index contributed by atoms with van der Waals surface area (Å²) in [5.41, 5.74) is 3.06. The average molecular weight is 178 g/mol. The zero-order chi connectivity index (χ0) is 8.84. The van der Waals surface area contributed by atoms with Crippen LogP contribution in [0.15, 0.2) is 23.3 Å². The monoisotopic (exact) mass is 178 g/mol. The molecule has 0 aromatic carbocycles. The van der Waals surface area contributed by atoms with Crippen LogP contribution in [0.5, 0.6) is 0 Å². The van der Waals surface area contributed by atoms with E-state index in [-0.39, 0.29) is 12.4 Å². The lowest BCUT2D eigenvalue weighted by Gasteiger charge is -2.14. The maximum Gasteiger partial charge on any atom is 0.156 e. The molecule has 13 heavy (non-hydrogen) atoms. The predicted octanol–water partition coefficient (Wildman–Crippen LogP) is 2.17. The fraction of sp³-hybridized carbons (Fsp3) is 0.636. The van der Waals surface area contributed by atoms with Crippen LogP contribution >= 0.6 is 0 Å². The van der Waals surface area contributed by atoms with Crippen molar-refractivity contribution < 1.29 is 9.47 Å². The van der Waals surface area contributed by atoms with E-state index in [9.17, 15) is 0 Å². The molecule has 1 aliphatic heterocycles. The van der Waals surface area contributed by atoms with Crippen molar-refractivity contribution in [1.29, 1.82) is 0 Å². The Kier molecular flexibility index (Phi) is 1.61. The van der Waals surface area contributed by atoms with Crippen LogP contribution in [0.3, 0.4) is 0 Å². The molecule has 2 heteroatoms. The second-order valence-electron chi connectivity index (χ2n) is 4.01. The fourth-order valence-electron chi connectivity index (χ4n) is 2.59. The third kappa shape index (κ3) is 1.09. The molecule has 0 radical (unpaired) electrons. The Morgan fingerprint density at radius 3 is 3.00 bits per heavy atom. The smallest absolute Gasteiger partial charge is 0.156 e. The topological polar surface area (TPSA) is 18.5 Å². The highest BCUT2D eigenvalue weighted by atomic mass is 16.7. The molecule has 0 amide bonds. The predicted molar refractivity (Wildman–Crippen MR) is 49.2 cm³/mol. The van der Waals surface area contributed by atoms with Gasteiger partial charge in [0, 0.05) is 0 Å². The number of fused-ring (bicyclic) bond motifs is 2. The van der Waals surface area contributed by atoms with Crippen molar-refractivity contribution in [2.75, 3.05) is 0 Å². The third-order valence-corrected chi connectivity index (χ3v) is 3.16. The minimum absolute atomic E-state index is 0.00467. The van der Waals surface area contributed by atoms with Gasteiger partial charge in [-0.25, -0.2) is 0 Å². The van der Waals surface area contributed by atoms with Gasteiger partial charge in [-0.2, -0.15) is 0 Å². The summed E-state index contributed by atoms with van der Waals surface area (Å²) in [5.74, 6) is 0. The van der Waals surface area contributed by atoms with Gasteiger partial charge < -0.3 is 9.47 Å². The number of allylic oxidation sites excluding steroid dienone is 2. The molecule has 3 unspecified atom stereocenters. The van der Waals surface area contributed by atoms with Gasteiger partial charge in [0.15, 0.2) is 6.29 Å². The molecule has 0 N–H and O–H groups in total. The van der Waals surface area contributed by atoms with Gasteiger partial charge in [0.25, 0.3) is 0 Å². The van der Waals surface area contributed by atoms with E-state index < -0.39 is 0 Å². The van der Waals surface area contributed by atoms with Crippen LogP contribution in [-0.2, 0) is 9.47 Å². The van der Waals surface area contributed by atoms with Crippen LogP contribution in [0.1, 0.15) is 26.2 Å². The molecule has 2 aliphatic carbocycles. The van der Waals surface area contributed by atoms with Crippen molar-refractivity contribution >= 4 is 0 Å². The normalized spacial score (nSPS) is 42.4. The van der Waals surface area contributed by atoms with E-state index in [0.29, 0.717) is 6.10 Å². The van der Waals surface area contributed by atoms with Crippen molar-refractivity contribution in [3.8, 4) is 0 Å². The molecule has 1 heterocycles. The molecular formula is C11H14O2. The minimum Gasteiger partial charge on any atom is -0.346 e. The van der Waals surface area contributed by atoms with Crippen LogP contribution in [-0.4, -0.2) is 18.5 Å². The summed E-state index contributed by atoms with van der Waals surface area (Å²) in [6.07, 6.45) is 8.37. The van der Waals surface area contributed by atoms with E-state index in [4.69, 9.17) is 9.47 Å². The maximum absolute atomic E-state index is 5.74. The highest BCUT2D eigenvalue weighted by Gasteiger charge is 2.42. The average Bonchev–Trinajstić information content (AvgIpc) is 2.60. The van der Waals surface area contributed by atoms with Gasteiger partial charge in [0.1, 0.15) is 6.10 Å². The van der Waals surface area contributed by atoms with Crippen molar-refractivity contribution in [3.05, 3.63) is 23.3 Å². The molecule has 1 fully saturated rings. The first-order valence-corrected chi connectivity index (χ1v) is 5.01. The fourth-order valence-corrected chi connectivity index (χ4v) is 2.59. The van der Waals surface area contributed by atoms with Crippen molar-refractivity contribution in [1.82, 2.24) is 0 Å². The number of hydrogen-bond donors (Lipinski definition) is 0. The highest BCUT2D eigenvalue weighted by molar-refractivity contribution is 5.34. The van der Waals surface area contributed by atoms with E-state index in [1.807, 2.05) is 6.92 Å². The Bertz CT molecular complexity index is 290. The summed E-state index contributed by atoms with van der Waals surface area (Å²) in [6.45, 7) is 1.98. The van der Waals surface area contributed by atoms with Crippen LogP contribution < -0.4 is 0 Å². The van der Waals surface area contributed by atoms with Gasteiger partial charge in [-0.05, 0) is 31.8 Å². The number of ether oxygens (including phenoxy) is 2. The summed E-state index contributed by atoms with van der Waals surface area (Å²) < 4.78 is 11.4. The Hall–Kier alpha value is -0.600. The Labute approximate surface area is 78.2 Å².